The standard InChI is InChI=1S/C66H108O6/c1-4-7-10-13-16-19-22-25-26-27-28-29-30-31-32-33-34-35-36-37-38-39-40-42-44-47-50-53-56-59-65(68)71-62-63(61-70-64(67)58-55-52-49-46-43-24-21-18-15-12-9-6-3)72-66(69)60-57-54-51-48-45-41-23-20-17-14-11-8-5-2/h7,10-11,14,16,18-21,23,25-26,28-29,31-32,34-35,37-38,63H,4-6,8-9,12-13,15,17,22,24,27,30,33,36,39-62H2,1-3H3/b10-7-,14-11-,19-16-,21-18-,23-20-,26-25-,29-28-,32-31-,35-34-,38-37-. The van der Waals surface area contributed by atoms with Crippen molar-refractivity contribution in [3.63, 3.8) is 0 Å². The Morgan fingerprint density at radius 2 is 0.569 bits per heavy atom. The maximum absolute atomic E-state index is 12.8. The third kappa shape index (κ3) is 56.7. The molecule has 6 heteroatoms. The topological polar surface area (TPSA) is 78.9 Å². The Morgan fingerprint density at radius 1 is 0.292 bits per heavy atom. The third-order valence-electron chi connectivity index (χ3n) is 12.2. The van der Waals surface area contributed by atoms with Gasteiger partial charge in [-0.2, -0.15) is 0 Å². The lowest BCUT2D eigenvalue weighted by atomic mass is 10.1. The van der Waals surface area contributed by atoms with Gasteiger partial charge >= 0.3 is 17.9 Å². The molecule has 0 heterocycles. The molecule has 0 aliphatic rings. The lowest BCUT2D eigenvalue weighted by Crippen LogP contribution is -2.30. The van der Waals surface area contributed by atoms with Crippen LogP contribution in [0.3, 0.4) is 0 Å². The first-order chi connectivity index (χ1) is 35.5. The number of carbonyl (C=O) groups is 3. The van der Waals surface area contributed by atoms with Crippen molar-refractivity contribution in [2.24, 2.45) is 0 Å². The molecule has 0 fully saturated rings. The Bertz CT molecular complexity index is 1520. The second-order valence-electron chi connectivity index (χ2n) is 19.2. The van der Waals surface area contributed by atoms with Crippen LogP contribution in [0.5, 0.6) is 0 Å². The van der Waals surface area contributed by atoms with Crippen molar-refractivity contribution in [1.29, 1.82) is 0 Å². The SMILES string of the molecule is CC/C=C\C/C=C\C/C=C\C/C=C\C/C=C\C/C=C\C/C=C\CCCCCCCCCC(=O)OCC(COC(=O)CCCCCCC/C=C\CCCCC)OC(=O)CCCCCCC/C=C\C/C=C\CCC. The Morgan fingerprint density at radius 3 is 0.917 bits per heavy atom. The average Bonchev–Trinajstić information content (AvgIpc) is 3.38. The van der Waals surface area contributed by atoms with E-state index in [0.29, 0.717) is 19.3 Å². The molecule has 0 amide bonds. The molecule has 0 aromatic rings. The molecule has 1 atom stereocenters. The third-order valence-corrected chi connectivity index (χ3v) is 12.2. The smallest absolute Gasteiger partial charge is 0.306 e. The van der Waals surface area contributed by atoms with Crippen LogP contribution in [0.25, 0.3) is 0 Å². The van der Waals surface area contributed by atoms with Crippen molar-refractivity contribution in [2.45, 2.75) is 264 Å². The van der Waals surface area contributed by atoms with Gasteiger partial charge in [0.1, 0.15) is 13.2 Å². The van der Waals surface area contributed by atoms with Crippen LogP contribution in [0.15, 0.2) is 122 Å². The highest BCUT2D eigenvalue weighted by molar-refractivity contribution is 5.71. The van der Waals surface area contributed by atoms with Gasteiger partial charge in [-0.1, -0.05) is 232 Å². The molecule has 0 saturated heterocycles. The normalized spacial score (nSPS) is 13.0. The molecule has 0 aromatic carbocycles. The van der Waals surface area contributed by atoms with Gasteiger partial charge in [-0.05, 0) is 128 Å². The molecule has 0 aliphatic carbocycles. The van der Waals surface area contributed by atoms with Gasteiger partial charge in [0.25, 0.3) is 0 Å². The molecule has 6 nitrogen and oxygen atoms in total. The predicted octanol–water partition coefficient (Wildman–Crippen LogP) is 20.0. The molecule has 0 aliphatic heterocycles. The summed E-state index contributed by atoms with van der Waals surface area (Å²) in [6, 6.07) is 0. The summed E-state index contributed by atoms with van der Waals surface area (Å²) in [5.41, 5.74) is 0. The highest BCUT2D eigenvalue weighted by atomic mass is 16.6. The van der Waals surface area contributed by atoms with Gasteiger partial charge in [0.2, 0.25) is 0 Å². The summed E-state index contributed by atoms with van der Waals surface area (Å²) >= 11 is 0. The minimum absolute atomic E-state index is 0.0936. The molecule has 0 rings (SSSR count). The lowest BCUT2D eigenvalue weighted by Gasteiger charge is -2.18. The number of carbonyl (C=O) groups excluding carboxylic acids is 3. The number of ether oxygens (including phenoxy) is 3. The fourth-order valence-electron chi connectivity index (χ4n) is 7.75. The highest BCUT2D eigenvalue weighted by Gasteiger charge is 2.19. The molecule has 0 bridgehead atoms. The van der Waals surface area contributed by atoms with E-state index in [2.05, 4.69) is 142 Å². The van der Waals surface area contributed by atoms with E-state index in [1.165, 1.54) is 64.2 Å². The monoisotopic (exact) mass is 997 g/mol. The molecule has 1 unspecified atom stereocenters. The van der Waals surface area contributed by atoms with Gasteiger partial charge in [0.15, 0.2) is 6.10 Å². The molecule has 0 N–H and O–H groups in total. The van der Waals surface area contributed by atoms with Crippen molar-refractivity contribution < 1.29 is 28.6 Å². The summed E-state index contributed by atoms with van der Waals surface area (Å²) in [6.07, 6.45) is 81.9. The van der Waals surface area contributed by atoms with E-state index < -0.39 is 6.10 Å². The van der Waals surface area contributed by atoms with Crippen molar-refractivity contribution >= 4 is 17.9 Å². The number of hydrogen-bond acceptors (Lipinski definition) is 6. The molecule has 0 saturated carbocycles. The number of unbranched alkanes of at least 4 members (excludes halogenated alkanes) is 21. The van der Waals surface area contributed by atoms with Gasteiger partial charge in [0.05, 0.1) is 0 Å². The zero-order chi connectivity index (χ0) is 52.2. The van der Waals surface area contributed by atoms with Crippen LogP contribution in [0, 0.1) is 0 Å². The summed E-state index contributed by atoms with van der Waals surface area (Å²) in [5.74, 6) is -0.930. The van der Waals surface area contributed by atoms with Crippen molar-refractivity contribution in [3.8, 4) is 0 Å². The summed E-state index contributed by atoms with van der Waals surface area (Å²) in [7, 11) is 0. The maximum Gasteiger partial charge on any atom is 0.306 e. The van der Waals surface area contributed by atoms with E-state index in [0.717, 1.165) is 154 Å². The Labute approximate surface area is 443 Å². The summed E-state index contributed by atoms with van der Waals surface area (Å²) in [5, 5.41) is 0. The van der Waals surface area contributed by atoms with Gasteiger partial charge in [-0.3, -0.25) is 14.4 Å². The average molecular weight is 998 g/mol. The Hall–Kier alpha value is -4.19. The first-order valence-corrected chi connectivity index (χ1v) is 29.5. The second kappa shape index (κ2) is 59.4. The van der Waals surface area contributed by atoms with Crippen LogP contribution < -0.4 is 0 Å². The first-order valence-electron chi connectivity index (χ1n) is 29.5. The predicted molar refractivity (Wildman–Crippen MR) is 311 cm³/mol. The summed E-state index contributed by atoms with van der Waals surface area (Å²) in [6.45, 7) is 6.40. The Balaban J connectivity index is 4.30. The minimum atomic E-state index is -0.796. The van der Waals surface area contributed by atoms with Crippen LogP contribution in [-0.2, 0) is 28.6 Å². The van der Waals surface area contributed by atoms with Gasteiger partial charge in [-0.15, -0.1) is 0 Å². The number of esters is 3. The van der Waals surface area contributed by atoms with E-state index >= 15 is 0 Å². The van der Waals surface area contributed by atoms with Crippen molar-refractivity contribution in [1.82, 2.24) is 0 Å². The van der Waals surface area contributed by atoms with Gasteiger partial charge < -0.3 is 14.2 Å². The zero-order valence-electron chi connectivity index (χ0n) is 46.7. The highest BCUT2D eigenvalue weighted by Crippen LogP contribution is 2.14. The molecule has 408 valence electrons. The fraction of sp³-hybridized carbons (Fsp3) is 0.652. The molecular formula is C66H108O6. The lowest BCUT2D eigenvalue weighted by molar-refractivity contribution is -0.167. The van der Waals surface area contributed by atoms with Crippen molar-refractivity contribution in [2.75, 3.05) is 13.2 Å². The largest absolute Gasteiger partial charge is 0.462 e. The number of hydrogen-bond donors (Lipinski definition) is 0. The summed E-state index contributed by atoms with van der Waals surface area (Å²) < 4.78 is 16.8. The molecule has 0 spiro atoms. The van der Waals surface area contributed by atoms with E-state index in [1.54, 1.807) is 0 Å². The number of rotatable bonds is 52. The van der Waals surface area contributed by atoms with E-state index in [1.807, 2.05) is 0 Å². The molecule has 0 aromatic heterocycles. The molecule has 0 radical (unpaired) electrons. The van der Waals surface area contributed by atoms with E-state index in [9.17, 15) is 14.4 Å². The van der Waals surface area contributed by atoms with E-state index in [4.69, 9.17) is 14.2 Å². The van der Waals surface area contributed by atoms with E-state index in [-0.39, 0.29) is 31.1 Å². The first kappa shape index (κ1) is 67.8. The second-order valence-corrected chi connectivity index (χ2v) is 19.2. The summed E-state index contributed by atoms with van der Waals surface area (Å²) in [4.78, 5) is 38.1. The minimum Gasteiger partial charge on any atom is -0.462 e. The van der Waals surface area contributed by atoms with Crippen LogP contribution >= 0.6 is 0 Å². The maximum atomic E-state index is 12.8. The van der Waals surface area contributed by atoms with Crippen LogP contribution in [0.1, 0.15) is 258 Å². The Kier molecular flexibility index (Phi) is 55.9. The van der Waals surface area contributed by atoms with Gasteiger partial charge in [-0.25, -0.2) is 0 Å². The van der Waals surface area contributed by atoms with Crippen molar-refractivity contribution in [3.05, 3.63) is 122 Å². The molecular weight excluding hydrogens is 889 g/mol. The van der Waals surface area contributed by atoms with Crippen LogP contribution in [0.2, 0.25) is 0 Å². The zero-order valence-corrected chi connectivity index (χ0v) is 46.7. The quantitative estimate of drug-likeness (QED) is 0.0261. The molecule has 72 heavy (non-hydrogen) atoms. The van der Waals surface area contributed by atoms with Crippen LogP contribution in [0.4, 0.5) is 0 Å². The van der Waals surface area contributed by atoms with Gasteiger partial charge in [0, 0.05) is 19.3 Å². The fourth-order valence-corrected chi connectivity index (χ4v) is 7.75. The van der Waals surface area contributed by atoms with Crippen LogP contribution in [-0.4, -0.2) is 37.2 Å². The number of allylic oxidation sites excluding steroid dienone is 20.